The van der Waals surface area contributed by atoms with E-state index in [2.05, 4.69) is 97.2 Å². The van der Waals surface area contributed by atoms with Crippen LogP contribution in [0.1, 0.15) is 42.0 Å². The van der Waals surface area contributed by atoms with E-state index in [1.165, 1.54) is 5.56 Å². The van der Waals surface area contributed by atoms with Crippen LogP contribution in [0, 0.1) is 0 Å². The van der Waals surface area contributed by atoms with Crippen molar-refractivity contribution in [2.24, 2.45) is 0 Å². The molecule has 2 N–H and O–H groups in total. The lowest BCUT2D eigenvalue weighted by Crippen LogP contribution is -2.26. The van der Waals surface area contributed by atoms with Crippen LogP contribution < -0.4 is 40.2 Å². The number of phenolic OH excluding ortho intramolecular Hbond substituents is 1. The zero-order valence-corrected chi connectivity index (χ0v) is 33.7. The Balaban J connectivity index is 1.61. The minimum Gasteiger partial charge on any atom is -0.505 e. The van der Waals surface area contributed by atoms with Crippen LogP contribution in [-0.2, 0) is 12.8 Å². The van der Waals surface area contributed by atoms with Crippen LogP contribution in [-0.4, -0.2) is 33.5 Å². The molecule has 6 rings (SSSR count). The number of hydrogen-bond donors (Lipinski definition) is 2. The molecule has 0 fully saturated rings. The number of unbranched alkanes of at least 4 members (excludes halogenated alkanes) is 1. The summed E-state index contributed by atoms with van der Waals surface area (Å²) in [5.41, 5.74) is 6.88. The van der Waals surface area contributed by atoms with Crippen molar-refractivity contribution in [2.75, 3.05) is 33.8 Å². The van der Waals surface area contributed by atoms with E-state index in [0.29, 0.717) is 28.7 Å². The lowest BCUT2D eigenvalue weighted by molar-refractivity contribution is 0.399. The molecular formula is C49H50NO5P. The fraction of sp³-hybridized carbons (Fsp3) is 0.184. The van der Waals surface area contributed by atoms with Crippen molar-refractivity contribution >= 4 is 40.8 Å². The van der Waals surface area contributed by atoms with Crippen molar-refractivity contribution in [2.45, 2.75) is 32.6 Å². The van der Waals surface area contributed by atoms with Crippen molar-refractivity contribution < 1.29 is 24.1 Å². The van der Waals surface area contributed by atoms with Crippen LogP contribution in [0.3, 0.4) is 0 Å². The van der Waals surface area contributed by atoms with E-state index in [4.69, 9.17) is 18.9 Å². The summed E-state index contributed by atoms with van der Waals surface area (Å²) >= 11 is 0. The number of methoxy groups -OCH3 is 4. The van der Waals surface area contributed by atoms with E-state index in [1.54, 1.807) is 28.4 Å². The number of ether oxygens (including phenoxy) is 4. The maximum atomic E-state index is 12.7. The molecule has 0 spiro atoms. The molecule has 0 heterocycles. The summed E-state index contributed by atoms with van der Waals surface area (Å²) in [7, 11) is 5.02. The largest absolute Gasteiger partial charge is 0.505 e. The number of phenols is 1. The fourth-order valence-corrected chi connectivity index (χ4v) is 9.65. The lowest BCUT2D eigenvalue weighted by atomic mass is 9.99. The molecule has 56 heavy (non-hydrogen) atoms. The Morgan fingerprint density at radius 1 is 0.607 bits per heavy atom. The zero-order chi connectivity index (χ0) is 39.3. The molecule has 6 aromatic carbocycles. The first-order valence-electron chi connectivity index (χ1n) is 18.9. The highest BCUT2D eigenvalue weighted by Crippen LogP contribution is 2.49. The fourth-order valence-electron chi connectivity index (χ4n) is 6.77. The first kappa shape index (κ1) is 39.7. The summed E-state index contributed by atoms with van der Waals surface area (Å²) in [6.45, 7) is 2.19. The van der Waals surface area contributed by atoms with Crippen molar-refractivity contribution in [3.05, 3.63) is 174 Å². The predicted octanol–water partition coefficient (Wildman–Crippen LogP) is 10.3. The van der Waals surface area contributed by atoms with Gasteiger partial charge in [-0.1, -0.05) is 123 Å². The lowest BCUT2D eigenvalue weighted by Gasteiger charge is -2.28. The molecular weight excluding hydrogens is 714 g/mol. The summed E-state index contributed by atoms with van der Waals surface area (Å²) in [5, 5.41) is 18.8. The first-order valence-corrected chi connectivity index (χ1v) is 20.2. The molecule has 6 nitrogen and oxygen atoms in total. The Morgan fingerprint density at radius 3 is 1.61 bits per heavy atom. The Kier molecular flexibility index (Phi) is 13.9. The average molecular weight is 764 g/mol. The van der Waals surface area contributed by atoms with Gasteiger partial charge < -0.3 is 29.4 Å². The van der Waals surface area contributed by atoms with Crippen molar-refractivity contribution in [3.63, 3.8) is 0 Å². The summed E-state index contributed by atoms with van der Waals surface area (Å²) in [6.07, 6.45) is 8.04. The van der Waals surface area contributed by atoms with Gasteiger partial charge in [-0.15, -0.1) is 0 Å². The van der Waals surface area contributed by atoms with Gasteiger partial charge in [0.05, 0.1) is 44.7 Å². The van der Waals surface area contributed by atoms with Crippen molar-refractivity contribution in [3.8, 4) is 28.7 Å². The minimum absolute atomic E-state index is 0.119. The summed E-state index contributed by atoms with van der Waals surface area (Å²) in [6, 6.07) is 46.9. The molecule has 7 heteroatoms. The molecule has 6 aromatic rings. The molecule has 0 unspecified atom stereocenters. The SMILES string of the molecule is CCCCc1cc(N/C(=C\C(=C/Cc2ccccc2)c2ccccc2)c2ccccc2)c(O)c(P(c2c(OC)cccc2OC)c2c(OC)cccc2OC)c1. The number of benzene rings is 6. The van der Waals surface area contributed by atoms with Gasteiger partial charge in [0, 0.05) is 18.9 Å². The first-order chi connectivity index (χ1) is 27.5. The molecule has 0 aliphatic heterocycles. The predicted molar refractivity (Wildman–Crippen MR) is 234 cm³/mol. The summed E-state index contributed by atoms with van der Waals surface area (Å²) in [5.74, 6) is 2.66. The van der Waals surface area contributed by atoms with Crippen LogP contribution in [0.15, 0.2) is 152 Å². The number of rotatable bonds is 17. The van der Waals surface area contributed by atoms with Gasteiger partial charge in [0.2, 0.25) is 0 Å². The summed E-state index contributed by atoms with van der Waals surface area (Å²) < 4.78 is 24.1. The van der Waals surface area contributed by atoms with E-state index in [-0.39, 0.29) is 5.75 Å². The van der Waals surface area contributed by atoms with Gasteiger partial charge in [-0.3, -0.25) is 0 Å². The second-order valence-corrected chi connectivity index (χ2v) is 15.3. The molecule has 0 atom stereocenters. The third kappa shape index (κ3) is 9.27. The molecule has 0 aliphatic carbocycles. The highest BCUT2D eigenvalue weighted by Gasteiger charge is 2.33. The number of allylic oxidation sites excluding steroid dienone is 3. The average Bonchev–Trinajstić information content (AvgIpc) is 3.26. The van der Waals surface area contributed by atoms with E-state index in [9.17, 15) is 5.11 Å². The van der Waals surface area contributed by atoms with Gasteiger partial charge in [0.25, 0.3) is 0 Å². The van der Waals surface area contributed by atoms with Crippen LogP contribution in [0.2, 0.25) is 0 Å². The normalized spacial score (nSPS) is 11.7. The Hall–Kier alpha value is -5.97. The smallest absolute Gasteiger partial charge is 0.147 e. The second-order valence-electron chi connectivity index (χ2n) is 13.2. The molecule has 0 bridgehead atoms. The van der Waals surface area contributed by atoms with Gasteiger partial charge in [0.1, 0.15) is 28.7 Å². The van der Waals surface area contributed by atoms with Crippen LogP contribution in [0.25, 0.3) is 11.3 Å². The molecule has 0 aromatic heterocycles. The highest BCUT2D eigenvalue weighted by atomic mass is 31.1. The van der Waals surface area contributed by atoms with Gasteiger partial charge >= 0.3 is 0 Å². The van der Waals surface area contributed by atoms with Crippen molar-refractivity contribution in [1.29, 1.82) is 0 Å². The number of aryl methyl sites for hydroxylation is 1. The maximum Gasteiger partial charge on any atom is 0.147 e. The number of anilines is 1. The van der Waals surface area contributed by atoms with E-state index in [0.717, 1.165) is 69.6 Å². The standard InChI is InChI=1S/C49H50NO5P/c1-6-7-19-36-32-41(50-40(38-24-15-10-16-25-38)34-39(37-22-13-9-14-23-37)31-30-35-20-11-8-12-21-35)47(51)46(33-36)56(48-42(52-2)26-17-27-43(48)53-3)49-44(54-4)28-18-29-45(49)55-5/h8-18,20-29,31-34,50-51H,6-7,19,30H2,1-5H3/b39-31+,40-34-. The third-order valence-electron chi connectivity index (χ3n) is 9.62. The maximum absolute atomic E-state index is 12.7. The topological polar surface area (TPSA) is 69.2 Å². The minimum atomic E-state index is -1.61. The zero-order valence-electron chi connectivity index (χ0n) is 32.8. The van der Waals surface area contributed by atoms with E-state index in [1.807, 2.05) is 66.7 Å². The summed E-state index contributed by atoms with van der Waals surface area (Å²) in [4.78, 5) is 0. The quantitative estimate of drug-likeness (QED) is 0.0548. The van der Waals surface area contributed by atoms with Crippen LogP contribution in [0.5, 0.6) is 28.7 Å². The van der Waals surface area contributed by atoms with Crippen molar-refractivity contribution in [1.82, 2.24) is 0 Å². The molecule has 0 amide bonds. The van der Waals surface area contributed by atoms with Gasteiger partial charge in [-0.05, 0) is 89.6 Å². The monoisotopic (exact) mass is 763 g/mol. The van der Waals surface area contributed by atoms with Crippen LogP contribution >= 0.6 is 7.92 Å². The van der Waals surface area contributed by atoms with E-state index >= 15 is 0 Å². The van der Waals surface area contributed by atoms with Gasteiger partial charge in [-0.2, -0.15) is 0 Å². The molecule has 0 saturated carbocycles. The highest BCUT2D eigenvalue weighted by molar-refractivity contribution is 7.80. The van der Waals surface area contributed by atoms with Gasteiger partial charge in [0.15, 0.2) is 0 Å². The number of aromatic hydroxyl groups is 1. The Labute approximate surface area is 332 Å². The van der Waals surface area contributed by atoms with Gasteiger partial charge in [-0.25, -0.2) is 0 Å². The van der Waals surface area contributed by atoms with E-state index < -0.39 is 7.92 Å². The number of hydrogen-bond acceptors (Lipinski definition) is 6. The Morgan fingerprint density at radius 2 is 1.11 bits per heavy atom. The third-order valence-corrected chi connectivity index (χ3v) is 12.2. The van der Waals surface area contributed by atoms with Crippen LogP contribution in [0.4, 0.5) is 5.69 Å². The second kappa shape index (κ2) is 19.6. The molecule has 0 saturated heterocycles. The number of nitrogens with one attached hydrogen (secondary N) is 1. The Bertz CT molecular complexity index is 2150. The molecule has 0 aliphatic rings. The molecule has 0 radical (unpaired) electrons. The molecule has 286 valence electrons.